The topological polar surface area (TPSA) is 73.9 Å². The number of halogens is 2. The van der Waals surface area contributed by atoms with Gasteiger partial charge in [-0.1, -0.05) is 36.2 Å². The number of benzene rings is 1. The largest absolute Gasteiger partial charge is 0.494 e. The molecule has 1 N–H and O–H groups in total. The van der Waals surface area contributed by atoms with E-state index >= 15 is 0 Å². The lowest BCUT2D eigenvalue weighted by atomic mass is 10.0. The number of esters is 1. The average Bonchev–Trinajstić information content (AvgIpc) is 2.56. The van der Waals surface area contributed by atoms with E-state index in [4.69, 9.17) is 32.7 Å². The Hall–Kier alpha value is -1.92. The van der Waals surface area contributed by atoms with Gasteiger partial charge < -0.3 is 19.5 Å². The summed E-state index contributed by atoms with van der Waals surface area (Å²) in [7, 11) is 2.74. The quantitative estimate of drug-likeness (QED) is 0.527. The molecule has 0 aliphatic carbocycles. The normalized spacial score (nSPS) is 12.6. The van der Waals surface area contributed by atoms with Crippen molar-refractivity contribution in [1.82, 2.24) is 5.32 Å². The monoisotopic (exact) mass is 403 g/mol. The Morgan fingerprint density at radius 3 is 2.27 bits per heavy atom. The number of rotatable bonds is 8. The molecule has 0 spiro atoms. The summed E-state index contributed by atoms with van der Waals surface area (Å²) in [5, 5.41) is 3.38. The van der Waals surface area contributed by atoms with E-state index in [0.717, 1.165) is 0 Å². The number of ether oxygens (including phenoxy) is 3. The number of methoxy groups -OCH3 is 2. The van der Waals surface area contributed by atoms with E-state index in [1.54, 1.807) is 19.9 Å². The maximum Gasteiger partial charge on any atom is 0.330 e. The van der Waals surface area contributed by atoms with Crippen LogP contribution in [0.25, 0.3) is 0 Å². The molecule has 1 aromatic carbocycles. The molecule has 0 radical (unpaired) electrons. The molecule has 0 heterocycles. The van der Waals surface area contributed by atoms with Gasteiger partial charge in [-0.15, -0.1) is 0 Å². The number of nitrogens with one attached hydrogen (secondary N) is 1. The summed E-state index contributed by atoms with van der Waals surface area (Å²) in [4.78, 5) is 23.7. The van der Waals surface area contributed by atoms with Crippen LogP contribution >= 0.6 is 23.2 Å². The van der Waals surface area contributed by atoms with E-state index in [1.807, 2.05) is 6.92 Å². The van der Waals surface area contributed by atoms with Crippen molar-refractivity contribution in [3.05, 3.63) is 34.3 Å². The van der Waals surface area contributed by atoms with Crippen LogP contribution in [0.3, 0.4) is 0 Å². The molecule has 0 fully saturated rings. The van der Waals surface area contributed by atoms with Gasteiger partial charge in [0.25, 0.3) is 5.91 Å². The van der Waals surface area contributed by atoms with Gasteiger partial charge in [0.05, 0.1) is 29.8 Å². The highest BCUT2D eigenvalue weighted by Gasteiger charge is 2.25. The van der Waals surface area contributed by atoms with Gasteiger partial charge in [-0.3, -0.25) is 4.79 Å². The molecule has 0 aromatic heterocycles. The van der Waals surface area contributed by atoms with Crippen molar-refractivity contribution >= 4 is 35.1 Å². The number of carbonyl (C=O) groups is 2. The van der Waals surface area contributed by atoms with Gasteiger partial charge >= 0.3 is 5.97 Å². The average molecular weight is 404 g/mol. The standard InChI is InChI=1S/C18H23Cl2NO5/c1-6-14(17(23)21-18(2,3)8-7-15(22)24-4)26-11-9-12(19)16(25-5)13(20)10-11/h7-10,14H,6H2,1-5H3,(H,21,23)/b8-7+/t14-/m1/s1. The Balaban J connectivity index is 2.87. The van der Waals surface area contributed by atoms with E-state index in [-0.39, 0.29) is 16.0 Å². The molecule has 1 aromatic rings. The van der Waals surface area contributed by atoms with E-state index in [0.29, 0.717) is 17.9 Å². The zero-order chi connectivity index (χ0) is 19.9. The summed E-state index contributed by atoms with van der Waals surface area (Å²) in [5.41, 5.74) is -0.767. The van der Waals surface area contributed by atoms with Crippen LogP contribution in [-0.2, 0) is 14.3 Å². The number of hydrogen-bond acceptors (Lipinski definition) is 5. The van der Waals surface area contributed by atoms with Crippen molar-refractivity contribution in [2.75, 3.05) is 14.2 Å². The Labute approximate surface area is 163 Å². The van der Waals surface area contributed by atoms with E-state index in [9.17, 15) is 9.59 Å². The first-order chi connectivity index (χ1) is 12.1. The fourth-order valence-electron chi connectivity index (χ4n) is 2.07. The summed E-state index contributed by atoms with van der Waals surface area (Å²) in [6.07, 6.45) is 2.46. The predicted molar refractivity (Wildman–Crippen MR) is 101 cm³/mol. The molecule has 0 saturated heterocycles. The van der Waals surface area contributed by atoms with Crippen LogP contribution in [0.4, 0.5) is 0 Å². The Bertz CT molecular complexity index is 665. The van der Waals surface area contributed by atoms with Gasteiger partial charge in [0.1, 0.15) is 5.75 Å². The van der Waals surface area contributed by atoms with Crippen LogP contribution in [-0.4, -0.2) is 37.7 Å². The Kier molecular flexibility index (Phi) is 8.24. The first-order valence-electron chi connectivity index (χ1n) is 7.92. The van der Waals surface area contributed by atoms with Crippen molar-refractivity contribution in [1.29, 1.82) is 0 Å². The minimum atomic E-state index is -0.767. The van der Waals surface area contributed by atoms with Gasteiger partial charge in [-0.2, -0.15) is 0 Å². The predicted octanol–water partition coefficient (Wildman–Crippen LogP) is 3.78. The van der Waals surface area contributed by atoms with Crippen molar-refractivity contribution in [2.45, 2.75) is 38.8 Å². The van der Waals surface area contributed by atoms with Gasteiger partial charge in [-0.05, 0) is 20.3 Å². The van der Waals surface area contributed by atoms with E-state index in [2.05, 4.69) is 10.1 Å². The van der Waals surface area contributed by atoms with E-state index < -0.39 is 17.6 Å². The van der Waals surface area contributed by atoms with Gasteiger partial charge in [0.15, 0.2) is 11.9 Å². The Morgan fingerprint density at radius 2 is 1.81 bits per heavy atom. The highest BCUT2D eigenvalue weighted by Crippen LogP contribution is 2.37. The molecule has 8 heteroatoms. The summed E-state index contributed by atoms with van der Waals surface area (Å²) >= 11 is 12.2. The highest BCUT2D eigenvalue weighted by atomic mass is 35.5. The second-order valence-electron chi connectivity index (χ2n) is 6.00. The zero-order valence-electron chi connectivity index (χ0n) is 15.4. The SMILES string of the molecule is CC[C@@H](Oc1cc(Cl)c(OC)c(Cl)c1)C(=O)NC(C)(C)/C=C/C(=O)OC. The van der Waals surface area contributed by atoms with Crippen LogP contribution in [0.15, 0.2) is 24.3 Å². The fourth-order valence-corrected chi connectivity index (χ4v) is 2.69. The number of hydrogen-bond donors (Lipinski definition) is 1. The van der Waals surface area contributed by atoms with Gasteiger partial charge in [-0.25, -0.2) is 4.79 Å². The summed E-state index contributed by atoms with van der Waals surface area (Å²) in [6.45, 7) is 5.31. The molecule has 26 heavy (non-hydrogen) atoms. The molecule has 1 atom stereocenters. The van der Waals surface area contributed by atoms with Crippen LogP contribution in [0.2, 0.25) is 10.0 Å². The molecular weight excluding hydrogens is 381 g/mol. The molecule has 0 unspecified atom stereocenters. The smallest absolute Gasteiger partial charge is 0.330 e. The molecule has 1 rings (SSSR count). The minimum Gasteiger partial charge on any atom is -0.494 e. The molecule has 0 bridgehead atoms. The molecule has 0 saturated carbocycles. The fraction of sp³-hybridized carbons (Fsp3) is 0.444. The van der Waals surface area contributed by atoms with E-state index in [1.165, 1.54) is 32.4 Å². The maximum absolute atomic E-state index is 12.5. The maximum atomic E-state index is 12.5. The zero-order valence-corrected chi connectivity index (χ0v) is 16.9. The van der Waals surface area contributed by atoms with Crippen molar-refractivity contribution < 1.29 is 23.8 Å². The lowest BCUT2D eigenvalue weighted by molar-refractivity contribution is -0.135. The Morgan fingerprint density at radius 1 is 1.23 bits per heavy atom. The summed E-state index contributed by atoms with van der Waals surface area (Å²) < 4.78 is 15.4. The lowest BCUT2D eigenvalue weighted by Gasteiger charge is -2.26. The molecule has 0 aliphatic heterocycles. The van der Waals surface area contributed by atoms with Gasteiger partial charge in [0, 0.05) is 18.2 Å². The van der Waals surface area contributed by atoms with Crippen molar-refractivity contribution in [3.63, 3.8) is 0 Å². The van der Waals surface area contributed by atoms with Crippen LogP contribution in [0, 0.1) is 0 Å². The first-order valence-corrected chi connectivity index (χ1v) is 8.68. The van der Waals surface area contributed by atoms with Crippen molar-refractivity contribution in [2.24, 2.45) is 0 Å². The summed E-state index contributed by atoms with van der Waals surface area (Å²) in [5.74, 6) is -0.147. The molecule has 1 amide bonds. The minimum absolute atomic E-state index is 0.284. The third-order valence-corrected chi connectivity index (χ3v) is 3.96. The van der Waals surface area contributed by atoms with Crippen LogP contribution in [0.1, 0.15) is 27.2 Å². The van der Waals surface area contributed by atoms with Crippen LogP contribution in [0.5, 0.6) is 11.5 Å². The lowest BCUT2D eigenvalue weighted by Crippen LogP contribution is -2.48. The summed E-state index contributed by atoms with van der Waals surface area (Å²) in [6, 6.07) is 3.06. The van der Waals surface area contributed by atoms with Crippen LogP contribution < -0.4 is 14.8 Å². The molecular formula is C18H23Cl2NO5. The van der Waals surface area contributed by atoms with Crippen molar-refractivity contribution in [3.8, 4) is 11.5 Å². The molecule has 6 nitrogen and oxygen atoms in total. The number of amides is 1. The first kappa shape index (κ1) is 22.1. The third kappa shape index (κ3) is 6.42. The highest BCUT2D eigenvalue weighted by molar-refractivity contribution is 6.37. The second kappa shape index (κ2) is 9.69. The van der Waals surface area contributed by atoms with Gasteiger partial charge in [0.2, 0.25) is 0 Å². The molecule has 144 valence electrons. The number of carbonyl (C=O) groups excluding carboxylic acids is 2. The second-order valence-corrected chi connectivity index (χ2v) is 6.82. The third-order valence-electron chi connectivity index (χ3n) is 3.40. The molecule has 0 aliphatic rings.